The monoisotopic (exact) mass is 301 g/mol. The Morgan fingerprint density at radius 3 is 2.67 bits per heavy atom. The van der Waals surface area contributed by atoms with Crippen molar-refractivity contribution in [2.24, 2.45) is 5.10 Å². The first kappa shape index (κ1) is 14.6. The maximum atomic E-state index is 10.7. The van der Waals surface area contributed by atoms with E-state index in [0.717, 1.165) is 5.56 Å². The highest BCUT2D eigenvalue weighted by atomic mass is 32.1. The Morgan fingerprint density at radius 1 is 1.29 bits per heavy atom. The van der Waals surface area contributed by atoms with Gasteiger partial charge in [-0.2, -0.15) is 5.10 Å². The maximum Gasteiger partial charge on any atom is 0.270 e. The number of nitro groups is 1. The number of phenolic OH excluding ortho intramolecular Hbond substituents is 1. The zero-order chi connectivity index (χ0) is 15.2. The lowest BCUT2D eigenvalue weighted by Gasteiger charge is -2.02. The highest BCUT2D eigenvalue weighted by molar-refractivity contribution is 7.80. The predicted octanol–water partition coefficient (Wildman–Crippen LogP) is 2.60. The standard InChI is InChI=1S/C14H11N3O3S/c18-13-7-6-12(17(19)20)8-11(13)9-15-16-14(21)10-4-2-1-3-5-10/h1-9,18H,(H,16,21)/b15-9+. The number of aromatic hydroxyl groups is 1. The first-order chi connectivity index (χ1) is 10.1. The molecule has 0 aliphatic carbocycles. The quantitative estimate of drug-likeness (QED) is 0.392. The van der Waals surface area contributed by atoms with Crippen LogP contribution in [0.25, 0.3) is 0 Å². The third-order valence-corrected chi connectivity index (χ3v) is 2.95. The largest absolute Gasteiger partial charge is 0.507 e. The molecule has 0 atom stereocenters. The third kappa shape index (κ3) is 3.83. The number of hydrogen-bond acceptors (Lipinski definition) is 5. The van der Waals surface area contributed by atoms with Crippen molar-refractivity contribution in [3.63, 3.8) is 0 Å². The van der Waals surface area contributed by atoms with Crippen molar-refractivity contribution < 1.29 is 10.0 Å². The van der Waals surface area contributed by atoms with E-state index in [0.29, 0.717) is 4.99 Å². The number of nitrogens with zero attached hydrogens (tertiary/aromatic N) is 2. The van der Waals surface area contributed by atoms with E-state index in [9.17, 15) is 15.2 Å². The predicted molar refractivity (Wildman–Crippen MR) is 83.6 cm³/mol. The van der Waals surface area contributed by atoms with Crippen molar-refractivity contribution in [2.45, 2.75) is 0 Å². The number of nitro benzene ring substituents is 1. The van der Waals surface area contributed by atoms with Crippen molar-refractivity contribution in [1.82, 2.24) is 5.43 Å². The zero-order valence-electron chi connectivity index (χ0n) is 10.8. The van der Waals surface area contributed by atoms with E-state index in [1.807, 2.05) is 30.3 Å². The molecule has 106 valence electrons. The van der Waals surface area contributed by atoms with Crippen LogP contribution in [0.1, 0.15) is 11.1 Å². The lowest BCUT2D eigenvalue weighted by molar-refractivity contribution is -0.384. The molecule has 6 nitrogen and oxygen atoms in total. The molecule has 0 saturated carbocycles. The topological polar surface area (TPSA) is 87.8 Å². The summed E-state index contributed by atoms with van der Waals surface area (Å²) in [5.74, 6) is -0.100. The van der Waals surface area contributed by atoms with E-state index in [-0.39, 0.29) is 17.0 Å². The first-order valence-electron chi connectivity index (χ1n) is 5.94. The summed E-state index contributed by atoms with van der Waals surface area (Å²) in [6.07, 6.45) is 1.28. The fourth-order valence-corrected chi connectivity index (χ4v) is 1.76. The van der Waals surface area contributed by atoms with E-state index in [2.05, 4.69) is 10.5 Å². The van der Waals surface area contributed by atoms with Crippen LogP contribution in [0.3, 0.4) is 0 Å². The number of phenols is 1. The van der Waals surface area contributed by atoms with Crippen molar-refractivity contribution in [3.8, 4) is 5.75 Å². The van der Waals surface area contributed by atoms with Gasteiger partial charge in [-0.15, -0.1) is 0 Å². The molecule has 0 radical (unpaired) electrons. The first-order valence-corrected chi connectivity index (χ1v) is 6.34. The minimum absolute atomic E-state index is 0.100. The fourth-order valence-electron chi connectivity index (χ4n) is 1.57. The van der Waals surface area contributed by atoms with Crippen molar-refractivity contribution in [1.29, 1.82) is 0 Å². The van der Waals surface area contributed by atoms with Gasteiger partial charge in [-0.3, -0.25) is 15.5 Å². The SMILES string of the molecule is O=[N+]([O-])c1ccc(O)c(/C=N/NC(=S)c2ccccc2)c1. The summed E-state index contributed by atoms with van der Waals surface area (Å²) in [5.41, 5.74) is 3.55. The molecule has 21 heavy (non-hydrogen) atoms. The minimum Gasteiger partial charge on any atom is -0.507 e. The maximum absolute atomic E-state index is 10.7. The Bertz CT molecular complexity index is 702. The summed E-state index contributed by atoms with van der Waals surface area (Å²) >= 11 is 5.14. The molecule has 2 rings (SSSR count). The highest BCUT2D eigenvalue weighted by Crippen LogP contribution is 2.21. The van der Waals surface area contributed by atoms with Crippen LogP contribution >= 0.6 is 12.2 Å². The summed E-state index contributed by atoms with van der Waals surface area (Å²) in [6.45, 7) is 0. The smallest absolute Gasteiger partial charge is 0.270 e. The van der Waals surface area contributed by atoms with Crippen molar-refractivity contribution in [2.75, 3.05) is 0 Å². The molecule has 0 aliphatic rings. The Hall–Kier alpha value is -2.80. The molecule has 0 heterocycles. The molecule has 2 aromatic carbocycles. The van der Waals surface area contributed by atoms with E-state index in [4.69, 9.17) is 12.2 Å². The van der Waals surface area contributed by atoms with E-state index in [1.54, 1.807) is 0 Å². The number of hydrogen-bond donors (Lipinski definition) is 2. The van der Waals surface area contributed by atoms with E-state index < -0.39 is 4.92 Å². The van der Waals surface area contributed by atoms with Gasteiger partial charge in [-0.25, -0.2) is 0 Å². The Balaban J connectivity index is 2.10. The Labute approximate surface area is 125 Å². The molecular formula is C14H11N3O3S. The molecule has 2 N–H and O–H groups in total. The molecular weight excluding hydrogens is 290 g/mol. The Kier molecular flexibility index (Phi) is 4.57. The minimum atomic E-state index is -0.543. The molecule has 7 heteroatoms. The second-order valence-electron chi connectivity index (χ2n) is 4.07. The normalized spacial score (nSPS) is 10.5. The van der Waals surface area contributed by atoms with Crippen molar-refractivity contribution in [3.05, 3.63) is 69.8 Å². The van der Waals surface area contributed by atoms with E-state index >= 15 is 0 Å². The van der Waals surface area contributed by atoms with Crippen LogP contribution in [-0.2, 0) is 0 Å². The van der Waals surface area contributed by atoms with Gasteiger partial charge in [0.1, 0.15) is 10.7 Å². The van der Waals surface area contributed by atoms with Gasteiger partial charge in [-0.05, 0) is 6.07 Å². The van der Waals surface area contributed by atoms with Crippen LogP contribution in [0.5, 0.6) is 5.75 Å². The molecule has 2 aromatic rings. The van der Waals surface area contributed by atoms with Crippen LogP contribution in [0.2, 0.25) is 0 Å². The van der Waals surface area contributed by atoms with Crippen LogP contribution in [0, 0.1) is 10.1 Å². The molecule has 0 unspecified atom stereocenters. The summed E-state index contributed by atoms with van der Waals surface area (Å²) in [4.78, 5) is 10.5. The average Bonchev–Trinajstić information content (AvgIpc) is 2.49. The number of rotatable bonds is 4. The van der Waals surface area contributed by atoms with Gasteiger partial charge in [0.05, 0.1) is 11.1 Å². The summed E-state index contributed by atoms with van der Waals surface area (Å²) < 4.78 is 0. The number of benzene rings is 2. The van der Waals surface area contributed by atoms with Gasteiger partial charge >= 0.3 is 0 Å². The number of hydrazone groups is 1. The van der Waals surface area contributed by atoms with Crippen LogP contribution in [0.4, 0.5) is 5.69 Å². The average molecular weight is 301 g/mol. The Morgan fingerprint density at radius 2 is 2.00 bits per heavy atom. The summed E-state index contributed by atoms with van der Waals surface area (Å²) in [5, 5.41) is 24.2. The molecule has 0 fully saturated rings. The zero-order valence-corrected chi connectivity index (χ0v) is 11.6. The fraction of sp³-hybridized carbons (Fsp3) is 0. The third-order valence-electron chi connectivity index (χ3n) is 2.63. The lowest BCUT2D eigenvalue weighted by atomic mass is 10.2. The second-order valence-corrected chi connectivity index (χ2v) is 4.47. The highest BCUT2D eigenvalue weighted by Gasteiger charge is 2.08. The number of non-ortho nitro benzene ring substituents is 1. The summed E-state index contributed by atoms with van der Waals surface area (Å²) in [7, 11) is 0. The van der Waals surface area contributed by atoms with Gasteiger partial charge in [-0.1, -0.05) is 42.5 Å². The van der Waals surface area contributed by atoms with Crippen molar-refractivity contribution >= 4 is 29.1 Å². The van der Waals surface area contributed by atoms with Crippen LogP contribution in [0.15, 0.2) is 53.6 Å². The lowest BCUT2D eigenvalue weighted by Crippen LogP contribution is -2.16. The number of thiocarbonyl (C=S) groups is 1. The molecule has 0 aliphatic heterocycles. The molecule has 0 amide bonds. The van der Waals surface area contributed by atoms with Crippen LogP contribution in [-0.4, -0.2) is 21.2 Å². The van der Waals surface area contributed by atoms with Gasteiger partial charge < -0.3 is 5.11 Å². The van der Waals surface area contributed by atoms with Gasteiger partial charge in [0, 0.05) is 23.3 Å². The van der Waals surface area contributed by atoms with Gasteiger partial charge in [0.2, 0.25) is 0 Å². The van der Waals surface area contributed by atoms with Gasteiger partial charge in [0.25, 0.3) is 5.69 Å². The molecule has 0 aromatic heterocycles. The molecule has 0 saturated heterocycles. The number of nitrogens with one attached hydrogen (secondary N) is 1. The molecule has 0 spiro atoms. The summed E-state index contributed by atoms with van der Waals surface area (Å²) in [6, 6.07) is 12.9. The van der Waals surface area contributed by atoms with Crippen LogP contribution < -0.4 is 5.43 Å². The second kappa shape index (κ2) is 6.58. The van der Waals surface area contributed by atoms with Gasteiger partial charge in [0.15, 0.2) is 0 Å². The molecule has 0 bridgehead atoms. The van der Waals surface area contributed by atoms with E-state index in [1.165, 1.54) is 24.4 Å².